The maximum Gasteiger partial charge on any atom is 0.411 e. The largest absolute Gasteiger partial charge is 0.476 e. The monoisotopic (exact) mass is 587 g/mol. The molecule has 0 aliphatic carbocycles. The summed E-state index contributed by atoms with van der Waals surface area (Å²) in [5.74, 6) is -1.11. The molecular formula is C31H38ClNO8. The number of ether oxygens (including phenoxy) is 4. The number of ketones is 1. The van der Waals surface area contributed by atoms with E-state index in [1.165, 1.54) is 4.90 Å². The van der Waals surface area contributed by atoms with Crippen molar-refractivity contribution in [3.8, 4) is 5.75 Å². The average molecular weight is 588 g/mol. The number of nitrogens with zero attached hydrogens (tertiary/aromatic N) is 1. The standard InChI is InChI=1S/C31H38ClNO8/c1-29(2,3)40-26(35)24-17-23(18-33(24)28(37)41-30(4,5)6)38-27(36)31(7,8)39-22-15-11-20(12-16-22)25(34)19-9-13-21(32)14-10-19/h9-16,23-24H,17-18H2,1-8H3/t23?,24-/m0/s1. The summed E-state index contributed by atoms with van der Waals surface area (Å²) >= 11 is 5.90. The first-order valence-electron chi connectivity index (χ1n) is 13.4. The van der Waals surface area contributed by atoms with Gasteiger partial charge in [0.2, 0.25) is 0 Å². The first-order chi connectivity index (χ1) is 18.8. The second-order valence-electron chi connectivity index (χ2n) is 12.4. The number of carbonyl (C=O) groups is 4. The number of halogens is 1. The van der Waals surface area contributed by atoms with Gasteiger partial charge in [0.1, 0.15) is 29.1 Å². The fraction of sp³-hybridized carbons (Fsp3) is 0.484. The molecule has 0 aromatic heterocycles. The van der Waals surface area contributed by atoms with Crippen molar-refractivity contribution in [2.45, 2.75) is 90.8 Å². The number of benzene rings is 2. The summed E-state index contributed by atoms with van der Waals surface area (Å²) in [4.78, 5) is 52.9. The number of rotatable bonds is 7. The third kappa shape index (κ3) is 8.95. The van der Waals surface area contributed by atoms with Crippen LogP contribution in [0.15, 0.2) is 48.5 Å². The fourth-order valence-corrected chi connectivity index (χ4v) is 4.20. The normalized spacial score (nSPS) is 17.5. The molecule has 1 aliphatic heterocycles. The molecule has 1 saturated heterocycles. The van der Waals surface area contributed by atoms with Crippen LogP contribution in [0.5, 0.6) is 5.75 Å². The highest BCUT2D eigenvalue weighted by molar-refractivity contribution is 6.30. The number of esters is 2. The summed E-state index contributed by atoms with van der Waals surface area (Å²) in [7, 11) is 0. The van der Waals surface area contributed by atoms with Gasteiger partial charge >= 0.3 is 18.0 Å². The summed E-state index contributed by atoms with van der Waals surface area (Å²) in [6, 6.07) is 12.0. The van der Waals surface area contributed by atoms with E-state index in [1.54, 1.807) is 104 Å². The maximum atomic E-state index is 13.2. The van der Waals surface area contributed by atoms with Crippen LogP contribution in [0.4, 0.5) is 4.79 Å². The van der Waals surface area contributed by atoms with Crippen molar-refractivity contribution in [2.24, 2.45) is 0 Å². The van der Waals surface area contributed by atoms with E-state index < -0.39 is 47.0 Å². The highest BCUT2D eigenvalue weighted by Crippen LogP contribution is 2.28. The lowest BCUT2D eigenvalue weighted by Gasteiger charge is -2.29. The molecule has 9 nitrogen and oxygen atoms in total. The number of likely N-dealkylation sites (tertiary alicyclic amines) is 1. The zero-order chi connectivity index (χ0) is 30.8. The number of hydrogen-bond acceptors (Lipinski definition) is 8. The van der Waals surface area contributed by atoms with Crippen molar-refractivity contribution in [3.05, 3.63) is 64.7 Å². The lowest BCUT2D eigenvalue weighted by atomic mass is 10.0. The first-order valence-corrected chi connectivity index (χ1v) is 13.8. The third-order valence-corrected chi connectivity index (χ3v) is 6.18. The molecule has 41 heavy (non-hydrogen) atoms. The van der Waals surface area contributed by atoms with Gasteiger partial charge in [0.25, 0.3) is 0 Å². The van der Waals surface area contributed by atoms with Crippen molar-refractivity contribution in [3.63, 3.8) is 0 Å². The number of carbonyl (C=O) groups excluding carboxylic acids is 4. The van der Waals surface area contributed by atoms with Gasteiger partial charge < -0.3 is 18.9 Å². The van der Waals surface area contributed by atoms with E-state index in [-0.39, 0.29) is 18.7 Å². The molecule has 1 amide bonds. The topological polar surface area (TPSA) is 108 Å². The van der Waals surface area contributed by atoms with Crippen LogP contribution < -0.4 is 4.74 Å². The van der Waals surface area contributed by atoms with Crippen molar-refractivity contribution >= 4 is 35.4 Å². The maximum absolute atomic E-state index is 13.2. The van der Waals surface area contributed by atoms with Crippen LogP contribution in [0, 0.1) is 0 Å². The Bertz CT molecular complexity index is 1240. The Labute approximate surface area is 246 Å². The predicted octanol–water partition coefficient (Wildman–Crippen LogP) is 5.99. The van der Waals surface area contributed by atoms with E-state index in [2.05, 4.69) is 0 Å². The lowest BCUT2D eigenvalue weighted by molar-refractivity contribution is -0.165. The van der Waals surface area contributed by atoms with Gasteiger partial charge in [0, 0.05) is 22.6 Å². The highest BCUT2D eigenvalue weighted by Gasteiger charge is 2.46. The Morgan fingerprint density at radius 2 is 1.29 bits per heavy atom. The molecular weight excluding hydrogens is 550 g/mol. The van der Waals surface area contributed by atoms with E-state index in [0.29, 0.717) is 21.9 Å². The van der Waals surface area contributed by atoms with Gasteiger partial charge in [0.05, 0.1) is 6.54 Å². The molecule has 0 saturated carbocycles. The van der Waals surface area contributed by atoms with Gasteiger partial charge in [-0.05, 0) is 104 Å². The van der Waals surface area contributed by atoms with Crippen molar-refractivity contribution in [1.82, 2.24) is 4.90 Å². The molecule has 2 aromatic carbocycles. The quantitative estimate of drug-likeness (QED) is 0.221. The minimum Gasteiger partial charge on any atom is -0.476 e. The fourth-order valence-electron chi connectivity index (χ4n) is 4.07. The highest BCUT2D eigenvalue weighted by atomic mass is 35.5. The van der Waals surface area contributed by atoms with Crippen LogP contribution in [-0.2, 0) is 23.8 Å². The molecule has 1 heterocycles. The van der Waals surface area contributed by atoms with Crippen LogP contribution in [0.2, 0.25) is 5.02 Å². The van der Waals surface area contributed by atoms with Gasteiger partial charge in [0.15, 0.2) is 11.4 Å². The summed E-state index contributed by atoms with van der Waals surface area (Å²) in [5.41, 5.74) is -2.02. The van der Waals surface area contributed by atoms with Crippen molar-refractivity contribution < 1.29 is 38.1 Å². The minimum absolute atomic E-state index is 0.0395. The zero-order valence-corrected chi connectivity index (χ0v) is 25.5. The Hall–Kier alpha value is -3.59. The minimum atomic E-state index is -1.41. The third-order valence-electron chi connectivity index (χ3n) is 5.93. The Morgan fingerprint density at radius 3 is 1.80 bits per heavy atom. The molecule has 0 radical (unpaired) electrons. The summed E-state index contributed by atoms with van der Waals surface area (Å²) in [5, 5.41) is 0.537. The second kappa shape index (κ2) is 12.1. The van der Waals surface area contributed by atoms with Crippen LogP contribution >= 0.6 is 11.6 Å². The average Bonchev–Trinajstić information content (AvgIpc) is 3.26. The number of hydrogen-bond donors (Lipinski definition) is 0. The van der Waals surface area contributed by atoms with Crippen molar-refractivity contribution in [1.29, 1.82) is 0 Å². The van der Waals surface area contributed by atoms with E-state index in [1.807, 2.05) is 0 Å². The lowest BCUT2D eigenvalue weighted by Crippen LogP contribution is -2.45. The molecule has 0 N–H and O–H groups in total. The van der Waals surface area contributed by atoms with Crippen LogP contribution in [0.1, 0.15) is 77.7 Å². The van der Waals surface area contributed by atoms with Gasteiger partial charge in [-0.25, -0.2) is 14.4 Å². The van der Waals surface area contributed by atoms with Crippen molar-refractivity contribution in [2.75, 3.05) is 6.54 Å². The zero-order valence-electron chi connectivity index (χ0n) is 24.8. The summed E-state index contributed by atoms with van der Waals surface area (Å²) in [6.07, 6.45) is -1.43. The van der Waals surface area contributed by atoms with E-state index in [4.69, 9.17) is 30.5 Å². The van der Waals surface area contributed by atoms with Crippen LogP contribution in [-0.4, -0.2) is 64.2 Å². The molecule has 0 bridgehead atoms. The van der Waals surface area contributed by atoms with E-state index in [9.17, 15) is 19.2 Å². The molecule has 10 heteroatoms. The van der Waals surface area contributed by atoms with E-state index >= 15 is 0 Å². The Morgan fingerprint density at radius 1 is 0.780 bits per heavy atom. The van der Waals surface area contributed by atoms with Gasteiger partial charge in [-0.15, -0.1) is 0 Å². The van der Waals surface area contributed by atoms with Gasteiger partial charge in [-0.3, -0.25) is 9.69 Å². The SMILES string of the molecule is CC(C)(C)OC(=O)[C@@H]1CC(OC(=O)C(C)(C)Oc2ccc(C(=O)c3ccc(Cl)cc3)cc2)CN1C(=O)OC(C)(C)C. The Kier molecular flexibility index (Phi) is 9.43. The number of amides is 1. The smallest absolute Gasteiger partial charge is 0.411 e. The molecule has 1 fully saturated rings. The van der Waals surface area contributed by atoms with E-state index in [0.717, 1.165) is 0 Å². The predicted molar refractivity (Wildman–Crippen MR) is 153 cm³/mol. The summed E-state index contributed by atoms with van der Waals surface area (Å²) < 4.78 is 22.6. The van der Waals surface area contributed by atoms with Gasteiger partial charge in [-0.1, -0.05) is 11.6 Å². The first kappa shape index (κ1) is 31.9. The molecule has 222 valence electrons. The molecule has 2 atom stereocenters. The molecule has 1 aliphatic rings. The molecule has 0 spiro atoms. The molecule has 3 rings (SSSR count). The van der Waals surface area contributed by atoms with Crippen LogP contribution in [0.3, 0.4) is 0 Å². The van der Waals surface area contributed by atoms with Gasteiger partial charge in [-0.2, -0.15) is 0 Å². The molecule has 1 unspecified atom stereocenters. The second-order valence-corrected chi connectivity index (χ2v) is 12.9. The Balaban J connectivity index is 1.68. The molecule has 2 aromatic rings. The van der Waals surface area contributed by atoms with Crippen LogP contribution in [0.25, 0.3) is 0 Å². The summed E-state index contributed by atoms with van der Waals surface area (Å²) in [6.45, 7) is 13.4.